The fraction of sp³-hybridized carbons (Fsp3) is 0.400. The number of terminal acetylenes is 1. The monoisotopic (exact) mass is 242 g/mol. The second kappa shape index (κ2) is 5.70. The van der Waals surface area contributed by atoms with E-state index in [9.17, 15) is 4.79 Å². The van der Waals surface area contributed by atoms with Gasteiger partial charge in [0.2, 0.25) is 5.91 Å². The number of para-hydroxylation sites is 1. The summed E-state index contributed by atoms with van der Waals surface area (Å²) >= 11 is 0. The van der Waals surface area contributed by atoms with Crippen molar-refractivity contribution in [2.45, 2.75) is 25.8 Å². The summed E-state index contributed by atoms with van der Waals surface area (Å²) in [4.78, 5) is 14.1. The highest BCUT2D eigenvalue weighted by atomic mass is 16.2. The summed E-state index contributed by atoms with van der Waals surface area (Å²) in [6.07, 6.45) is 7.21. The lowest BCUT2D eigenvalue weighted by Gasteiger charge is -2.35. The first-order valence-corrected chi connectivity index (χ1v) is 6.28. The van der Waals surface area contributed by atoms with Gasteiger partial charge in [-0.05, 0) is 31.4 Å². The van der Waals surface area contributed by atoms with E-state index in [1.165, 1.54) is 5.56 Å². The summed E-state index contributed by atoms with van der Waals surface area (Å²) in [5.41, 5.74) is 2.30. The van der Waals surface area contributed by atoms with Crippen LogP contribution in [-0.4, -0.2) is 25.0 Å². The van der Waals surface area contributed by atoms with E-state index in [0.29, 0.717) is 13.1 Å². The quantitative estimate of drug-likeness (QED) is 0.644. The summed E-state index contributed by atoms with van der Waals surface area (Å²) in [6.45, 7) is 2.81. The smallest absolute Gasteiger partial charge is 0.241 e. The van der Waals surface area contributed by atoms with Crippen LogP contribution in [-0.2, 0) is 11.2 Å². The highest BCUT2D eigenvalue weighted by Gasteiger charge is 2.27. The van der Waals surface area contributed by atoms with Crippen molar-refractivity contribution in [2.75, 3.05) is 18.0 Å². The maximum atomic E-state index is 12.2. The van der Waals surface area contributed by atoms with E-state index in [1.807, 2.05) is 23.1 Å². The van der Waals surface area contributed by atoms with Crippen molar-refractivity contribution in [2.24, 2.45) is 0 Å². The molecular weight excluding hydrogens is 224 g/mol. The van der Waals surface area contributed by atoms with Gasteiger partial charge in [0, 0.05) is 11.7 Å². The van der Waals surface area contributed by atoms with Crippen molar-refractivity contribution in [3.05, 3.63) is 29.8 Å². The molecule has 0 saturated heterocycles. The largest absolute Gasteiger partial charge is 0.308 e. The average molecular weight is 242 g/mol. The van der Waals surface area contributed by atoms with Gasteiger partial charge in [-0.1, -0.05) is 24.1 Å². The number of aryl methyl sites for hydroxylation is 1. The van der Waals surface area contributed by atoms with Crippen LogP contribution in [0.25, 0.3) is 0 Å². The maximum Gasteiger partial charge on any atom is 0.241 e. The Morgan fingerprint density at radius 3 is 3.11 bits per heavy atom. The molecule has 0 saturated carbocycles. The molecule has 1 aromatic rings. The minimum absolute atomic E-state index is 0.0879. The topological polar surface area (TPSA) is 32.3 Å². The van der Waals surface area contributed by atoms with Gasteiger partial charge >= 0.3 is 0 Å². The molecule has 1 aliphatic heterocycles. The first-order chi connectivity index (χ1) is 8.74. The lowest BCUT2D eigenvalue weighted by Crippen LogP contribution is -2.46. The summed E-state index contributed by atoms with van der Waals surface area (Å²) < 4.78 is 0. The van der Waals surface area contributed by atoms with E-state index in [4.69, 9.17) is 6.42 Å². The summed E-state index contributed by atoms with van der Waals surface area (Å²) in [7, 11) is 0. The highest BCUT2D eigenvalue weighted by molar-refractivity contribution is 5.96. The summed E-state index contributed by atoms with van der Waals surface area (Å²) in [6, 6.07) is 8.36. The van der Waals surface area contributed by atoms with Crippen molar-refractivity contribution in [1.82, 2.24) is 5.32 Å². The number of fused-ring (bicyclic) bond motifs is 1. The van der Waals surface area contributed by atoms with E-state index >= 15 is 0 Å². The molecule has 18 heavy (non-hydrogen) atoms. The summed E-state index contributed by atoms with van der Waals surface area (Å²) in [5, 5.41) is 2.96. The average Bonchev–Trinajstić information content (AvgIpc) is 2.38. The van der Waals surface area contributed by atoms with Crippen LogP contribution in [0.3, 0.4) is 0 Å². The van der Waals surface area contributed by atoms with Crippen molar-refractivity contribution in [3.8, 4) is 12.3 Å². The molecule has 0 bridgehead atoms. The molecule has 1 unspecified atom stereocenters. The van der Waals surface area contributed by atoms with Gasteiger partial charge in [0.15, 0.2) is 0 Å². The van der Waals surface area contributed by atoms with Crippen molar-refractivity contribution >= 4 is 11.6 Å². The van der Waals surface area contributed by atoms with Gasteiger partial charge in [0.25, 0.3) is 0 Å². The molecule has 1 amide bonds. The Bertz CT molecular complexity index is 476. The van der Waals surface area contributed by atoms with E-state index < -0.39 is 0 Å². The Labute approximate surface area is 108 Å². The fourth-order valence-electron chi connectivity index (χ4n) is 2.40. The number of hydrogen-bond donors (Lipinski definition) is 1. The zero-order valence-corrected chi connectivity index (χ0v) is 10.6. The molecule has 0 aliphatic carbocycles. The van der Waals surface area contributed by atoms with Gasteiger partial charge in [-0.15, -0.1) is 6.42 Å². The first-order valence-electron chi connectivity index (χ1n) is 6.28. The molecule has 1 heterocycles. The molecule has 1 aromatic carbocycles. The van der Waals surface area contributed by atoms with Crippen LogP contribution in [0.5, 0.6) is 0 Å². The number of carbonyl (C=O) groups excluding carboxylic acids is 1. The van der Waals surface area contributed by atoms with Crippen LogP contribution < -0.4 is 10.2 Å². The highest BCUT2D eigenvalue weighted by Crippen LogP contribution is 2.30. The molecule has 1 aliphatic rings. The molecule has 1 atom stereocenters. The lowest BCUT2D eigenvalue weighted by molar-refractivity contribution is -0.118. The van der Waals surface area contributed by atoms with Crippen LogP contribution in [0, 0.1) is 12.3 Å². The third-order valence-electron chi connectivity index (χ3n) is 3.30. The van der Waals surface area contributed by atoms with Crippen LogP contribution >= 0.6 is 0 Å². The number of carbonyl (C=O) groups is 1. The number of rotatable bonds is 3. The van der Waals surface area contributed by atoms with E-state index in [2.05, 4.69) is 24.2 Å². The second-order valence-corrected chi connectivity index (χ2v) is 4.59. The fourth-order valence-corrected chi connectivity index (χ4v) is 2.40. The number of hydrogen-bond acceptors (Lipinski definition) is 2. The lowest BCUT2D eigenvalue weighted by atomic mass is 9.96. The van der Waals surface area contributed by atoms with Crippen LogP contribution in [0.2, 0.25) is 0 Å². The molecule has 1 N–H and O–H groups in total. The van der Waals surface area contributed by atoms with E-state index in [0.717, 1.165) is 18.5 Å². The van der Waals surface area contributed by atoms with E-state index in [1.54, 1.807) is 0 Å². The standard InChI is InChI=1S/C15H18N2O/c1-3-10-16-11-15(18)17-12(2)8-9-13-6-4-5-7-14(13)17/h1,4-7,12,16H,8-11H2,2H3. The van der Waals surface area contributed by atoms with Gasteiger partial charge in [-0.2, -0.15) is 0 Å². The maximum absolute atomic E-state index is 12.2. The Hall–Kier alpha value is -1.79. The van der Waals surface area contributed by atoms with Gasteiger partial charge < -0.3 is 4.90 Å². The minimum atomic E-state index is 0.0879. The predicted molar refractivity (Wildman–Crippen MR) is 73.4 cm³/mol. The molecule has 94 valence electrons. The number of amides is 1. The number of benzene rings is 1. The normalized spacial score (nSPS) is 18.0. The minimum Gasteiger partial charge on any atom is -0.308 e. The van der Waals surface area contributed by atoms with Gasteiger partial charge in [0.1, 0.15) is 0 Å². The number of nitrogens with one attached hydrogen (secondary N) is 1. The van der Waals surface area contributed by atoms with Gasteiger partial charge in [-0.25, -0.2) is 0 Å². The zero-order valence-electron chi connectivity index (χ0n) is 10.6. The van der Waals surface area contributed by atoms with Gasteiger partial charge in [-0.3, -0.25) is 10.1 Å². The number of anilines is 1. The molecule has 2 rings (SSSR count). The van der Waals surface area contributed by atoms with E-state index in [-0.39, 0.29) is 11.9 Å². The van der Waals surface area contributed by atoms with Crippen LogP contribution in [0.1, 0.15) is 18.9 Å². The van der Waals surface area contributed by atoms with Crippen LogP contribution in [0.4, 0.5) is 5.69 Å². The second-order valence-electron chi connectivity index (χ2n) is 4.59. The predicted octanol–water partition coefficient (Wildman–Crippen LogP) is 1.58. The first kappa shape index (κ1) is 12.7. The Balaban J connectivity index is 2.16. The van der Waals surface area contributed by atoms with Gasteiger partial charge in [0.05, 0.1) is 13.1 Å². The molecule has 3 nitrogen and oxygen atoms in total. The third-order valence-corrected chi connectivity index (χ3v) is 3.30. The Morgan fingerprint density at radius 1 is 1.56 bits per heavy atom. The Morgan fingerprint density at radius 2 is 2.33 bits per heavy atom. The molecular formula is C15H18N2O. The molecule has 0 radical (unpaired) electrons. The molecule has 3 heteroatoms. The van der Waals surface area contributed by atoms with Crippen molar-refractivity contribution in [1.29, 1.82) is 0 Å². The third kappa shape index (κ3) is 2.55. The number of nitrogens with zero attached hydrogens (tertiary/aromatic N) is 1. The molecule has 0 aromatic heterocycles. The van der Waals surface area contributed by atoms with Crippen molar-refractivity contribution < 1.29 is 4.79 Å². The Kier molecular flexibility index (Phi) is 4.01. The van der Waals surface area contributed by atoms with Crippen LogP contribution in [0.15, 0.2) is 24.3 Å². The zero-order chi connectivity index (χ0) is 13.0. The SMILES string of the molecule is C#CCNCC(=O)N1c2ccccc2CCC1C. The van der Waals surface area contributed by atoms with Crippen molar-refractivity contribution in [3.63, 3.8) is 0 Å². The molecule has 0 spiro atoms. The molecule has 0 fully saturated rings. The summed E-state index contributed by atoms with van der Waals surface area (Å²) in [5.74, 6) is 2.56.